The lowest BCUT2D eigenvalue weighted by atomic mass is 10.2. The zero-order valence-electron chi connectivity index (χ0n) is 15.2. The quantitative estimate of drug-likeness (QED) is 0.589. The van der Waals surface area contributed by atoms with Crippen molar-refractivity contribution in [3.05, 3.63) is 46.1 Å². The molecule has 2 rings (SSSR count). The number of nitrogens with zero attached hydrogens (tertiary/aromatic N) is 2. The molecule has 0 radical (unpaired) electrons. The molecule has 0 aliphatic rings. The van der Waals surface area contributed by atoms with Crippen LogP contribution in [0.5, 0.6) is 11.5 Å². The monoisotopic (exact) mass is 432 g/mol. The topological polar surface area (TPSA) is 96.3 Å². The van der Waals surface area contributed by atoms with E-state index < -0.39 is 0 Å². The van der Waals surface area contributed by atoms with Crippen molar-refractivity contribution in [3.63, 3.8) is 0 Å². The Balaban J connectivity index is 1.95. The van der Waals surface area contributed by atoms with E-state index in [4.69, 9.17) is 14.7 Å². The summed E-state index contributed by atoms with van der Waals surface area (Å²) < 4.78 is 11.7. The van der Waals surface area contributed by atoms with Gasteiger partial charge in [0.15, 0.2) is 11.5 Å². The fourth-order valence-electron chi connectivity index (χ4n) is 2.29. The van der Waals surface area contributed by atoms with E-state index >= 15 is 0 Å². The number of pyridine rings is 1. The molecule has 0 spiro atoms. The summed E-state index contributed by atoms with van der Waals surface area (Å²) in [5, 5.41) is 14.9. The molecule has 1 aromatic heterocycles. The van der Waals surface area contributed by atoms with E-state index in [1.54, 1.807) is 30.5 Å². The second-order valence-corrected chi connectivity index (χ2v) is 6.39. The summed E-state index contributed by atoms with van der Waals surface area (Å²) in [5.41, 5.74) is 0.915. The molecule has 0 unspecified atom stereocenters. The van der Waals surface area contributed by atoms with Crippen LogP contribution in [-0.4, -0.2) is 37.7 Å². The van der Waals surface area contributed by atoms with Crippen LogP contribution in [-0.2, 0) is 0 Å². The Hall–Kier alpha value is -2.79. The zero-order valence-corrected chi connectivity index (χ0v) is 16.8. The number of carbonyl (C=O) groups is 1. The van der Waals surface area contributed by atoms with Crippen LogP contribution in [0.4, 0.5) is 5.82 Å². The molecule has 1 aromatic carbocycles. The Bertz CT molecular complexity index is 836. The van der Waals surface area contributed by atoms with Crippen LogP contribution in [0, 0.1) is 11.3 Å². The van der Waals surface area contributed by atoms with Gasteiger partial charge in [-0.25, -0.2) is 4.98 Å². The van der Waals surface area contributed by atoms with Crippen molar-refractivity contribution in [2.45, 2.75) is 13.3 Å². The molecule has 1 amide bonds. The van der Waals surface area contributed by atoms with Gasteiger partial charge in [-0.3, -0.25) is 4.79 Å². The van der Waals surface area contributed by atoms with Gasteiger partial charge in [-0.1, -0.05) is 6.92 Å². The summed E-state index contributed by atoms with van der Waals surface area (Å²) in [6, 6.07) is 8.79. The number of nitrogens with one attached hydrogen (secondary N) is 2. The number of anilines is 1. The molecule has 0 atom stereocenters. The standard InChI is InChI=1S/C19H21BrN4O3/c1-3-9-27-17-15(20)10-14(11-16(17)26-2)19(25)24-8-7-23-18-13(12-21)5-4-6-22-18/h4-6,10-11H,3,7-9H2,1-2H3,(H,22,23)(H,24,25). The predicted molar refractivity (Wildman–Crippen MR) is 106 cm³/mol. The first-order chi connectivity index (χ1) is 13.1. The number of benzene rings is 1. The molecule has 0 aliphatic carbocycles. The summed E-state index contributed by atoms with van der Waals surface area (Å²) in [4.78, 5) is 16.5. The van der Waals surface area contributed by atoms with Crippen LogP contribution in [0.25, 0.3) is 0 Å². The van der Waals surface area contributed by atoms with E-state index in [9.17, 15) is 4.79 Å². The summed E-state index contributed by atoms with van der Waals surface area (Å²) in [7, 11) is 1.53. The fourth-order valence-corrected chi connectivity index (χ4v) is 2.85. The molecule has 0 saturated heterocycles. The number of aromatic nitrogens is 1. The van der Waals surface area contributed by atoms with Gasteiger partial charge in [-0.15, -0.1) is 0 Å². The molecule has 0 aliphatic heterocycles. The fraction of sp³-hybridized carbons (Fsp3) is 0.316. The maximum absolute atomic E-state index is 12.4. The normalized spacial score (nSPS) is 10.0. The number of ether oxygens (including phenoxy) is 2. The third-order valence-electron chi connectivity index (χ3n) is 3.57. The Morgan fingerprint density at radius 2 is 2.19 bits per heavy atom. The van der Waals surface area contributed by atoms with Crippen molar-refractivity contribution in [2.24, 2.45) is 0 Å². The van der Waals surface area contributed by atoms with Crippen molar-refractivity contribution in [1.82, 2.24) is 10.3 Å². The minimum Gasteiger partial charge on any atom is -0.493 e. The summed E-state index contributed by atoms with van der Waals surface area (Å²) in [5.74, 6) is 1.33. The van der Waals surface area contributed by atoms with Gasteiger partial charge in [-0.05, 0) is 46.6 Å². The van der Waals surface area contributed by atoms with Crippen LogP contribution < -0.4 is 20.1 Å². The third kappa shape index (κ3) is 5.59. The molecule has 1 heterocycles. The Labute approximate surface area is 166 Å². The van der Waals surface area contributed by atoms with Crippen LogP contribution in [0.1, 0.15) is 29.3 Å². The molecule has 0 fully saturated rings. The highest BCUT2D eigenvalue weighted by Gasteiger charge is 2.15. The largest absolute Gasteiger partial charge is 0.493 e. The number of methoxy groups -OCH3 is 1. The minimum absolute atomic E-state index is 0.237. The first-order valence-corrected chi connectivity index (χ1v) is 9.27. The second kappa shape index (κ2) is 10.4. The van der Waals surface area contributed by atoms with Gasteiger partial charge in [0.05, 0.1) is 23.8 Å². The first-order valence-electron chi connectivity index (χ1n) is 8.48. The summed E-state index contributed by atoms with van der Waals surface area (Å²) >= 11 is 3.43. The number of carbonyl (C=O) groups excluding carboxylic acids is 1. The first kappa shape index (κ1) is 20.5. The maximum atomic E-state index is 12.4. The SMILES string of the molecule is CCCOc1c(Br)cc(C(=O)NCCNc2ncccc2C#N)cc1OC. The van der Waals surface area contributed by atoms with E-state index in [0.29, 0.717) is 52.6 Å². The number of rotatable bonds is 9. The number of hydrogen-bond acceptors (Lipinski definition) is 6. The Morgan fingerprint density at radius 3 is 2.89 bits per heavy atom. The molecule has 27 heavy (non-hydrogen) atoms. The lowest BCUT2D eigenvalue weighted by Crippen LogP contribution is -2.29. The van der Waals surface area contributed by atoms with E-state index in [2.05, 4.69) is 37.6 Å². The summed E-state index contributed by atoms with van der Waals surface area (Å²) in [6.45, 7) is 3.38. The number of halogens is 1. The molecular formula is C19H21BrN4O3. The molecule has 0 bridgehead atoms. The van der Waals surface area contributed by atoms with Gasteiger partial charge in [0.1, 0.15) is 11.9 Å². The highest BCUT2D eigenvalue weighted by atomic mass is 79.9. The second-order valence-electron chi connectivity index (χ2n) is 5.53. The van der Waals surface area contributed by atoms with E-state index in [1.807, 2.05) is 6.92 Å². The van der Waals surface area contributed by atoms with Gasteiger partial charge < -0.3 is 20.1 Å². The Kier molecular flexibility index (Phi) is 7.89. The number of hydrogen-bond donors (Lipinski definition) is 2. The van der Waals surface area contributed by atoms with Gasteiger partial charge in [-0.2, -0.15) is 5.26 Å². The lowest BCUT2D eigenvalue weighted by molar-refractivity contribution is 0.0954. The van der Waals surface area contributed by atoms with E-state index in [-0.39, 0.29) is 5.91 Å². The Morgan fingerprint density at radius 1 is 1.37 bits per heavy atom. The van der Waals surface area contributed by atoms with Gasteiger partial charge in [0, 0.05) is 24.8 Å². The molecule has 142 valence electrons. The zero-order chi connectivity index (χ0) is 19.6. The van der Waals surface area contributed by atoms with Gasteiger partial charge in [0.25, 0.3) is 5.91 Å². The van der Waals surface area contributed by atoms with Gasteiger partial charge in [0.2, 0.25) is 0 Å². The highest BCUT2D eigenvalue weighted by molar-refractivity contribution is 9.10. The van der Waals surface area contributed by atoms with E-state index in [0.717, 1.165) is 6.42 Å². The van der Waals surface area contributed by atoms with Crippen molar-refractivity contribution in [2.75, 3.05) is 32.1 Å². The molecule has 2 N–H and O–H groups in total. The maximum Gasteiger partial charge on any atom is 0.251 e. The number of amides is 1. The third-order valence-corrected chi connectivity index (χ3v) is 4.16. The van der Waals surface area contributed by atoms with Gasteiger partial charge >= 0.3 is 0 Å². The minimum atomic E-state index is -0.237. The molecule has 0 saturated carbocycles. The highest BCUT2D eigenvalue weighted by Crippen LogP contribution is 2.36. The molecular weight excluding hydrogens is 412 g/mol. The molecule has 7 nitrogen and oxygen atoms in total. The molecule has 8 heteroatoms. The van der Waals surface area contributed by atoms with Crippen molar-refractivity contribution >= 4 is 27.7 Å². The van der Waals surface area contributed by atoms with Crippen molar-refractivity contribution < 1.29 is 14.3 Å². The lowest BCUT2D eigenvalue weighted by Gasteiger charge is -2.14. The predicted octanol–water partition coefficient (Wildman–Crippen LogP) is 3.36. The van der Waals surface area contributed by atoms with Crippen LogP contribution in [0.2, 0.25) is 0 Å². The van der Waals surface area contributed by atoms with Crippen LogP contribution in [0.3, 0.4) is 0 Å². The van der Waals surface area contributed by atoms with Crippen molar-refractivity contribution in [1.29, 1.82) is 5.26 Å². The smallest absolute Gasteiger partial charge is 0.251 e. The average Bonchev–Trinajstić information content (AvgIpc) is 2.69. The van der Waals surface area contributed by atoms with Crippen LogP contribution >= 0.6 is 15.9 Å². The average molecular weight is 433 g/mol. The van der Waals surface area contributed by atoms with Crippen molar-refractivity contribution in [3.8, 4) is 17.6 Å². The molecule has 2 aromatic rings. The number of nitriles is 1. The summed E-state index contributed by atoms with van der Waals surface area (Å²) in [6.07, 6.45) is 2.47. The van der Waals surface area contributed by atoms with E-state index in [1.165, 1.54) is 7.11 Å². The van der Waals surface area contributed by atoms with Crippen LogP contribution in [0.15, 0.2) is 34.9 Å².